The molecule has 0 spiro atoms. The quantitative estimate of drug-likeness (QED) is 0.601. The van der Waals surface area contributed by atoms with Gasteiger partial charge in [0.15, 0.2) is 5.78 Å². The van der Waals surface area contributed by atoms with Gasteiger partial charge in [-0.2, -0.15) is 0 Å². The predicted octanol–water partition coefficient (Wildman–Crippen LogP) is 4.29. The van der Waals surface area contributed by atoms with E-state index in [1.165, 1.54) is 6.92 Å². The molecule has 5 nitrogen and oxygen atoms in total. The molecule has 0 aromatic heterocycles. The lowest BCUT2D eigenvalue weighted by molar-refractivity contribution is -0.123. The molecule has 0 aliphatic carbocycles. The van der Waals surface area contributed by atoms with Crippen LogP contribution in [0.25, 0.3) is 0 Å². The maximum atomic E-state index is 12.3. The van der Waals surface area contributed by atoms with Crippen molar-refractivity contribution in [3.8, 4) is 0 Å². The second-order valence-corrected chi connectivity index (χ2v) is 6.60. The lowest BCUT2D eigenvalue weighted by Gasteiger charge is -2.16. The zero-order valence-electron chi connectivity index (χ0n) is 15.6. The monoisotopic (exact) mass is 352 g/mol. The summed E-state index contributed by atoms with van der Waals surface area (Å²) in [6.45, 7) is 7.50. The standard InChI is InChI=1S/C21H24N2O3/c1-13(2)18-10-5-7-14(3)21(18)23-20(26)12-19(25)22-17-9-6-8-16(11-17)15(4)24/h5-11,13H,12H2,1-4H3,(H,22,25)(H,23,26). The average molecular weight is 352 g/mol. The molecule has 0 aliphatic rings. The summed E-state index contributed by atoms with van der Waals surface area (Å²) in [7, 11) is 0. The van der Waals surface area contributed by atoms with Crippen LogP contribution in [0.1, 0.15) is 54.6 Å². The van der Waals surface area contributed by atoms with Crippen molar-refractivity contribution in [2.45, 2.75) is 40.0 Å². The number of carbonyl (C=O) groups is 3. The molecule has 0 saturated heterocycles. The lowest BCUT2D eigenvalue weighted by Crippen LogP contribution is -2.22. The van der Waals surface area contributed by atoms with Gasteiger partial charge in [0.1, 0.15) is 6.42 Å². The number of carbonyl (C=O) groups excluding carboxylic acids is 3. The van der Waals surface area contributed by atoms with E-state index in [0.717, 1.165) is 16.8 Å². The number of amides is 2. The topological polar surface area (TPSA) is 75.3 Å². The summed E-state index contributed by atoms with van der Waals surface area (Å²) in [6.07, 6.45) is -0.295. The molecule has 2 rings (SSSR count). The minimum atomic E-state index is -0.428. The number of ketones is 1. The molecule has 0 atom stereocenters. The summed E-state index contributed by atoms with van der Waals surface area (Å²) in [6, 6.07) is 12.5. The molecule has 0 unspecified atom stereocenters. The number of rotatable bonds is 6. The highest BCUT2D eigenvalue weighted by atomic mass is 16.2. The highest BCUT2D eigenvalue weighted by Gasteiger charge is 2.15. The van der Waals surface area contributed by atoms with Gasteiger partial charge in [0.2, 0.25) is 11.8 Å². The molecule has 2 aromatic rings. The fraction of sp³-hybridized carbons (Fsp3) is 0.286. The molecule has 0 aliphatic heterocycles. The Balaban J connectivity index is 2.03. The van der Waals surface area contributed by atoms with Gasteiger partial charge in [-0.1, -0.05) is 44.2 Å². The third-order valence-corrected chi connectivity index (χ3v) is 4.07. The van der Waals surface area contributed by atoms with Crippen molar-refractivity contribution in [1.82, 2.24) is 0 Å². The van der Waals surface area contributed by atoms with Gasteiger partial charge in [0, 0.05) is 16.9 Å². The van der Waals surface area contributed by atoms with Gasteiger partial charge in [-0.05, 0) is 43.0 Å². The van der Waals surface area contributed by atoms with Crippen LogP contribution in [-0.4, -0.2) is 17.6 Å². The van der Waals surface area contributed by atoms with E-state index in [1.54, 1.807) is 24.3 Å². The molecular formula is C21H24N2O3. The van der Waals surface area contributed by atoms with E-state index in [0.29, 0.717) is 11.3 Å². The highest BCUT2D eigenvalue weighted by Crippen LogP contribution is 2.27. The Morgan fingerprint density at radius 1 is 0.962 bits per heavy atom. The van der Waals surface area contributed by atoms with Crippen LogP contribution in [0.15, 0.2) is 42.5 Å². The summed E-state index contributed by atoms with van der Waals surface area (Å²) in [5.74, 6) is -0.628. The summed E-state index contributed by atoms with van der Waals surface area (Å²) in [5, 5.41) is 5.51. The minimum Gasteiger partial charge on any atom is -0.326 e. The smallest absolute Gasteiger partial charge is 0.233 e. The Morgan fingerprint density at radius 3 is 2.27 bits per heavy atom. The lowest BCUT2D eigenvalue weighted by atomic mass is 9.98. The molecule has 2 N–H and O–H groups in total. The average Bonchev–Trinajstić information content (AvgIpc) is 2.56. The first-order valence-electron chi connectivity index (χ1n) is 8.58. The maximum Gasteiger partial charge on any atom is 0.233 e. The van der Waals surface area contributed by atoms with Gasteiger partial charge < -0.3 is 10.6 Å². The van der Waals surface area contributed by atoms with E-state index in [2.05, 4.69) is 24.5 Å². The van der Waals surface area contributed by atoms with Crippen molar-refractivity contribution in [2.24, 2.45) is 0 Å². The van der Waals surface area contributed by atoms with Crippen molar-refractivity contribution in [3.05, 3.63) is 59.2 Å². The van der Waals surface area contributed by atoms with E-state index >= 15 is 0 Å². The van der Waals surface area contributed by atoms with E-state index in [1.807, 2.05) is 25.1 Å². The van der Waals surface area contributed by atoms with E-state index in [4.69, 9.17) is 0 Å². The predicted molar refractivity (Wildman–Crippen MR) is 104 cm³/mol. The number of aryl methyl sites for hydroxylation is 1. The van der Waals surface area contributed by atoms with Gasteiger partial charge >= 0.3 is 0 Å². The number of hydrogen-bond donors (Lipinski definition) is 2. The first-order chi connectivity index (χ1) is 12.3. The molecule has 0 fully saturated rings. The number of benzene rings is 2. The zero-order chi connectivity index (χ0) is 19.3. The second-order valence-electron chi connectivity index (χ2n) is 6.60. The van der Waals surface area contributed by atoms with E-state index in [9.17, 15) is 14.4 Å². The van der Waals surface area contributed by atoms with Crippen molar-refractivity contribution >= 4 is 29.0 Å². The third-order valence-electron chi connectivity index (χ3n) is 4.07. The van der Waals surface area contributed by atoms with E-state index in [-0.39, 0.29) is 24.0 Å². The zero-order valence-corrected chi connectivity index (χ0v) is 15.6. The Hall–Kier alpha value is -2.95. The SMILES string of the molecule is CC(=O)c1cccc(NC(=O)CC(=O)Nc2c(C)cccc2C(C)C)c1. The first-order valence-corrected chi connectivity index (χ1v) is 8.58. The van der Waals surface area contributed by atoms with Gasteiger partial charge in [-0.15, -0.1) is 0 Å². The molecule has 0 heterocycles. The van der Waals surface area contributed by atoms with Crippen molar-refractivity contribution in [1.29, 1.82) is 0 Å². The summed E-state index contributed by atoms with van der Waals surface area (Å²) in [4.78, 5) is 35.8. The van der Waals surface area contributed by atoms with Crippen LogP contribution >= 0.6 is 0 Å². The molecule has 26 heavy (non-hydrogen) atoms. The van der Waals surface area contributed by atoms with Crippen LogP contribution in [0.5, 0.6) is 0 Å². The Kier molecular flexibility index (Phi) is 6.28. The van der Waals surface area contributed by atoms with Crippen LogP contribution in [0.2, 0.25) is 0 Å². The molecule has 2 aromatic carbocycles. The Bertz CT molecular complexity index is 841. The van der Waals surface area contributed by atoms with Crippen LogP contribution in [0.3, 0.4) is 0 Å². The Morgan fingerprint density at radius 2 is 1.62 bits per heavy atom. The molecule has 5 heteroatoms. The Labute approximate surface area is 153 Å². The highest BCUT2D eigenvalue weighted by molar-refractivity contribution is 6.08. The van der Waals surface area contributed by atoms with Gasteiger partial charge in [-0.25, -0.2) is 0 Å². The fourth-order valence-corrected chi connectivity index (χ4v) is 2.69. The summed E-state index contributed by atoms with van der Waals surface area (Å²) < 4.78 is 0. The number of Topliss-reactive ketones (excluding diaryl/α,β-unsaturated/α-hetero) is 1. The number of para-hydroxylation sites is 1. The van der Waals surface area contributed by atoms with Gasteiger partial charge in [0.05, 0.1) is 0 Å². The molecule has 136 valence electrons. The number of anilines is 2. The van der Waals surface area contributed by atoms with Gasteiger partial charge in [-0.3, -0.25) is 14.4 Å². The molecule has 2 amide bonds. The van der Waals surface area contributed by atoms with Crippen LogP contribution < -0.4 is 10.6 Å². The summed E-state index contributed by atoms with van der Waals surface area (Å²) in [5.41, 5.74) is 3.76. The number of nitrogens with one attached hydrogen (secondary N) is 2. The molecule has 0 saturated carbocycles. The molecule has 0 radical (unpaired) electrons. The first kappa shape index (κ1) is 19.4. The van der Waals surface area contributed by atoms with Crippen molar-refractivity contribution < 1.29 is 14.4 Å². The number of hydrogen-bond acceptors (Lipinski definition) is 3. The van der Waals surface area contributed by atoms with Crippen molar-refractivity contribution in [3.63, 3.8) is 0 Å². The van der Waals surface area contributed by atoms with Gasteiger partial charge in [0.25, 0.3) is 0 Å². The third kappa shape index (κ3) is 5.02. The van der Waals surface area contributed by atoms with Crippen LogP contribution in [0, 0.1) is 6.92 Å². The molecule has 0 bridgehead atoms. The largest absolute Gasteiger partial charge is 0.326 e. The van der Waals surface area contributed by atoms with Crippen LogP contribution in [-0.2, 0) is 9.59 Å². The maximum absolute atomic E-state index is 12.3. The molecular weight excluding hydrogens is 328 g/mol. The normalized spacial score (nSPS) is 10.5. The minimum absolute atomic E-state index is 0.0837. The van der Waals surface area contributed by atoms with Crippen molar-refractivity contribution in [2.75, 3.05) is 10.6 Å². The summed E-state index contributed by atoms with van der Waals surface area (Å²) >= 11 is 0. The van der Waals surface area contributed by atoms with Crippen LogP contribution in [0.4, 0.5) is 11.4 Å². The second kappa shape index (κ2) is 8.43. The fourth-order valence-electron chi connectivity index (χ4n) is 2.69. The van der Waals surface area contributed by atoms with E-state index < -0.39 is 5.91 Å².